The summed E-state index contributed by atoms with van der Waals surface area (Å²) in [5, 5.41) is 26.1. The number of ether oxygens (including phenoxy) is 3. The first kappa shape index (κ1) is 50.6. The van der Waals surface area contributed by atoms with Gasteiger partial charge in [0, 0.05) is 49.6 Å². The van der Waals surface area contributed by atoms with Crippen LogP contribution in [-0.2, 0) is 26.0 Å². The molecular formula is C43H48N12O9S4. The second-order valence-electron chi connectivity index (χ2n) is 14.3. The third-order valence-electron chi connectivity index (χ3n) is 10.3. The molecule has 6 aromatic rings. The molecular weight excluding hydrogens is 957 g/mol. The molecule has 68 heavy (non-hydrogen) atoms. The van der Waals surface area contributed by atoms with Crippen LogP contribution in [0.15, 0.2) is 91.9 Å². The average Bonchev–Trinajstić information content (AvgIpc) is 3.74. The number of rotatable bonds is 21. The van der Waals surface area contributed by atoms with Crippen molar-refractivity contribution in [2.24, 2.45) is 10.2 Å². The molecule has 0 unspecified atom stereocenters. The number of hydrogen-bond donors (Lipinski definition) is 5. The van der Waals surface area contributed by atoms with Crippen LogP contribution in [0.25, 0.3) is 11.3 Å². The summed E-state index contributed by atoms with van der Waals surface area (Å²) in [6.45, 7) is 10.6. The van der Waals surface area contributed by atoms with Crippen molar-refractivity contribution in [1.29, 1.82) is 5.26 Å². The first-order valence-electron chi connectivity index (χ1n) is 20.6. The lowest BCUT2D eigenvalue weighted by molar-refractivity contribution is 0.397. The number of nitrogens with two attached hydrogens (primary N) is 1. The van der Waals surface area contributed by atoms with Crippen molar-refractivity contribution in [1.82, 2.24) is 19.3 Å². The van der Waals surface area contributed by atoms with Gasteiger partial charge in [0.1, 0.15) is 45.2 Å². The number of anilines is 7. The molecule has 0 atom stereocenters. The molecule has 4 aromatic carbocycles. The van der Waals surface area contributed by atoms with Crippen LogP contribution in [-0.4, -0.2) is 92.8 Å². The van der Waals surface area contributed by atoms with Gasteiger partial charge in [0.05, 0.1) is 54.7 Å². The van der Waals surface area contributed by atoms with Crippen molar-refractivity contribution in [2.45, 2.75) is 48.4 Å². The van der Waals surface area contributed by atoms with E-state index in [-0.39, 0.29) is 61.0 Å². The molecule has 6 rings (SSSR count). The van der Waals surface area contributed by atoms with Gasteiger partial charge in [-0.05, 0) is 87.3 Å². The maximum atomic E-state index is 12.2. The Morgan fingerprint density at radius 1 is 0.765 bits per heavy atom. The number of aromatic nitrogens is 4. The number of hydrogen-bond acceptors (Lipinski definition) is 21. The molecule has 0 bridgehead atoms. The highest BCUT2D eigenvalue weighted by Crippen LogP contribution is 2.43. The molecule has 21 nitrogen and oxygen atoms in total. The van der Waals surface area contributed by atoms with Gasteiger partial charge >= 0.3 is 0 Å². The Balaban J connectivity index is 1.46. The van der Waals surface area contributed by atoms with Gasteiger partial charge in [-0.25, -0.2) is 0 Å². The molecule has 0 aliphatic rings. The molecule has 0 spiro atoms. The minimum Gasteiger partial charge on any atom is -0.495 e. The summed E-state index contributed by atoms with van der Waals surface area (Å²) in [4.78, 5) is 17.5. The summed E-state index contributed by atoms with van der Waals surface area (Å²) in [6, 6.07) is 18.9. The predicted octanol–water partition coefficient (Wildman–Crippen LogP) is 8.86. The van der Waals surface area contributed by atoms with E-state index >= 15 is 0 Å². The summed E-state index contributed by atoms with van der Waals surface area (Å²) >= 11 is 2.02. The summed E-state index contributed by atoms with van der Waals surface area (Å²) in [5.41, 5.74) is 10.3. The first-order chi connectivity index (χ1) is 32.5. The van der Waals surface area contributed by atoms with E-state index in [1.807, 2.05) is 33.8 Å². The quantitative estimate of drug-likeness (QED) is 0.0195. The minimum absolute atomic E-state index is 0.00892. The number of nitrogens with one attached hydrogen (secondary N) is 2. The van der Waals surface area contributed by atoms with E-state index in [0.29, 0.717) is 66.0 Å². The monoisotopic (exact) mass is 1000 g/mol. The molecule has 0 aliphatic carbocycles. The van der Waals surface area contributed by atoms with E-state index < -0.39 is 25.1 Å². The van der Waals surface area contributed by atoms with Crippen LogP contribution in [0.2, 0.25) is 0 Å². The molecule has 0 amide bonds. The first-order valence-corrected chi connectivity index (χ1v) is 25.3. The lowest BCUT2D eigenvalue weighted by Crippen LogP contribution is -2.22. The maximum absolute atomic E-state index is 12.2. The van der Waals surface area contributed by atoms with Crippen LogP contribution in [0.1, 0.15) is 38.8 Å². The van der Waals surface area contributed by atoms with Gasteiger partial charge < -0.3 is 40.4 Å². The zero-order valence-corrected chi connectivity index (χ0v) is 41.1. The lowest BCUT2D eigenvalue weighted by Gasteiger charge is -2.25. The molecule has 0 saturated heterocycles. The number of nitriles is 1. The Morgan fingerprint density at radius 2 is 1.37 bits per heavy atom. The molecule has 358 valence electrons. The summed E-state index contributed by atoms with van der Waals surface area (Å²) < 4.78 is 88.7. The summed E-state index contributed by atoms with van der Waals surface area (Å²) in [7, 11) is -4.82. The van der Waals surface area contributed by atoms with Crippen molar-refractivity contribution in [3.8, 4) is 34.6 Å². The Labute approximate surface area is 402 Å². The number of azo groups is 1. The number of nitrogens with zero attached hydrogens (tertiary/aromatic N) is 9. The van der Waals surface area contributed by atoms with Crippen LogP contribution in [0.3, 0.4) is 0 Å². The van der Waals surface area contributed by atoms with Crippen LogP contribution >= 0.6 is 23.3 Å². The van der Waals surface area contributed by atoms with E-state index in [1.54, 1.807) is 31.4 Å². The smallest absolute Gasteiger partial charge is 0.298 e. The molecule has 2 heterocycles. The van der Waals surface area contributed by atoms with Crippen LogP contribution in [0.5, 0.6) is 17.2 Å². The molecule has 0 radical (unpaired) electrons. The van der Waals surface area contributed by atoms with Gasteiger partial charge in [0.25, 0.3) is 20.2 Å². The Kier molecular flexibility index (Phi) is 16.3. The third kappa shape index (κ3) is 11.6. The fraction of sp³-hybridized carbons (Fsp3) is 0.279. The molecule has 25 heteroatoms. The van der Waals surface area contributed by atoms with Crippen LogP contribution in [0, 0.1) is 11.3 Å². The predicted molar refractivity (Wildman–Crippen MR) is 263 cm³/mol. The van der Waals surface area contributed by atoms with Crippen molar-refractivity contribution in [3.63, 3.8) is 0 Å². The average molecular weight is 1010 g/mol. The van der Waals surface area contributed by atoms with Gasteiger partial charge in [-0.2, -0.15) is 41.4 Å². The molecule has 6 N–H and O–H groups in total. The Morgan fingerprint density at radius 3 is 1.94 bits per heavy atom. The minimum atomic E-state index is -4.70. The topological polar surface area (TPSA) is 293 Å². The fourth-order valence-corrected chi connectivity index (χ4v) is 9.57. The van der Waals surface area contributed by atoms with Gasteiger partial charge in [-0.3, -0.25) is 9.11 Å². The molecule has 0 fully saturated rings. The Hall–Kier alpha value is -6.82. The van der Waals surface area contributed by atoms with E-state index in [4.69, 9.17) is 29.9 Å². The van der Waals surface area contributed by atoms with E-state index in [9.17, 15) is 31.2 Å². The highest BCUT2D eigenvalue weighted by atomic mass is 32.2. The van der Waals surface area contributed by atoms with Gasteiger partial charge in [-0.15, -0.1) is 10.2 Å². The second kappa shape index (κ2) is 21.9. The zero-order chi connectivity index (χ0) is 49.3. The van der Waals surface area contributed by atoms with E-state index in [1.165, 1.54) is 56.3 Å². The fourth-order valence-electron chi connectivity index (χ4n) is 6.87. The van der Waals surface area contributed by atoms with Crippen LogP contribution < -0.4 is 40.4 Å². The normalized spacial score (nSPS) is 11.6. The van der Waals surface area contributed by atoms with E-state index in [0.717, 1.165) is 23.3 Å². The van der Waals surface area contributed by atoms with Gasteiger partial charge in [-0.1, -0.05) is 23.9 Å². The number of methoxy groups -OCH3 is 3. The summed E-state index contributed by atoms with van der Waals surface area (Å²) in [5.74, 6) is 1.27. The lowest BCUT2D eigenvalue weighted by atomic mass is 10.1. The third-order valence-corrected chi connectivity index (χ3v) is 13.7. The second-order valence-corrected chi connectivity index (χ2v) is 18.8. The van der Waals surface area contributed by atoms with Crippen molar-refractivity contribution in [2.75, 3.05) is 73.7 Å². The summed E-state index contributed by atoms with van der Waals surface area (Å²) in [6.07, 6.45) is 0. The van der Waals surface area contributed by atoms with Gasteiger partial charge in [0.15, 0.2) is 10.2 Å². The standard InChI is InChI=1S/C43H48N12O9S4/c1-8-54(9-2)33-20-30(29(45)19-36(33)63-6)46-41-48-42(50-43(49-41)65-24-25-13-12-14-27(17-25)67(56,57)58)47-31-21-34(55(10-3)11-4)37(64-7)22-32(31)51-52-40-28(23-44)39(53-66-40)26-15-16-35(62-5)38(18-26)68(59,60)61/h12-22H,8-11,24,45H2,1-7H3,(H,56,57,58)(H,59,60,61)(H2,46,47,48,49,50). The van der Waals surface area contributed by atoms with E-state index in [2.05, 4.69) is 46.1 Å². The number of benzene rings is 4. The highest BCUT2D eigenvalue weighted by molar-refractivity contribution is 7.98. The SMILES string of the molecule is CCN(CC)c1cc(Nc2nc(Nc3cc(N(CC)CC)c(OC)cc3N=Nc3snc(-c4ccc(OC)c(S(=O)(=O)O)c4)c3C#N)nc(SCc3cccc(S(=O)(=O)O)c3)n2)c(N)cc1OC. The van der Waals surface area contributed by atoms with Crippen molar-refractivity contribution in [3.05, 3.63) is 77.9 Å². The van der Waals surface area contributed by atoms with Crippen molar-refractivity contribution >= 4 is 94.6 Å². The highest BCUT2D eigenvalue weighted by Gasteiger charge is 2.23. The molecule has 2 aromatic heterocycles. The molecule has 0 saturated carbocycles. The van der Waals surface area contributed by atoms with Gasteiger partial charge in [0.2, 0.25) is 11.9 Å². The molecule has 0 aliphatic heterocycles. The largest absolute Gasteiger partial charge is 0.495 e. The van der Waals surface area contributed by atoms with Crippen molar-refractivity contribution < 1.29 is 40.2 Å². The van der Waals surface area contributed by atoms with Crippen LogP contribution in [0.4, 0.5) is 51.0 Å². The zero-order valence-electron chi connectivity index (χ0n) is 37.9. The Bertz CT molecular complexity index is 3100. The maximum Gasteiger partial charge on any atom is 0.298 e. The number of nitrogen functional groups attached to an aromatic ring is 1. The number of thioether (sulfide) groups is 1.